The molecule has 3 aliphatic rings. The number of carbonyl (C=O) groups excluding carboxylic acids is 2. The Balaban J connectivity index is 1.60. The predicted octanol–water partition coefficient (Wildman–Crippen LogP) is 4.77. The molecule has 0 bridgehead atoms. The number of amides is 2. The van der Waals surface area contributed by atoms with Gasteiger partial charge in [0.2, 0.25) is 5.91 Å². The van der Waals surface area contributed by atoms with Crippen molar-refractivity contribution in [1.82, 2.24) is 10.2 Å². The molecular formula is C28H34N2O4. The summed E-state index contributed by atoms with van der Waals surface area (Å²) in [5.74, 6) is 0.952. The fourth-order valence-electron chi connectivity index (χ4n) is 5.89. The Morgan fingerprint density at radius 1 is 1.00 bits per heavy atom. The van der Waals surface area contributed by atoms with Gasteiger partial charge in [-0.2, -0.15) is 0 Å². The minimum atomic E-state index is -0.456. The van der Waals surface area contributed by atoms with Gasteiger partial charge in [0.15, 0.2) is 11.5 Å². The second-order valence-electron chi connectivity index (χ2n) is 9.47. The van der Waals surface area contributed by atoms with E-state index in [1.165, 1.54) is 6.42 Å². The molecule has 6 nitrogen and oxygen atoms in total. The standard InChI is InChI=1S/C28H34N2O4/c1-3-33-23-16-18-14-15-30-26(22(18)17-24(23)34-4-2)25(20-12-8-9-13-21(20)28(30)32)27(31)29-19-10-6-5-7-11-19/h8-9,12-13,16-17,19,25-26H,3-7,10-11,14-15H2,1-2H3,(H,29,31)/t25-,26-/m1/s1. The number of ether oxygens (including phenoxy) is 2. The maximum absolute atomic E-state index is 13.9. The van der Waals surface area contributed by atoms with Gasteiger partial charge in [-0.3, -0.25) is 9.59 Å². The third-order valence-corrected chi connectivity index (χ3v) is 7.42. The second-order valence-corrected chi connectivity index (χ2v) is 9.47. The molecule has 34 heavy (non-hydrogen) atoms. The number of nitrogens with zero attached hydrogens (tertiary/aromatic N) is 1. The molecule has 0 spiro atoms. The monoisotopic (exact) mass is 462 g/mol. The van der Waals surface area contributed by atoms with Gasteiger partial charge in [0.25, 0.3) is 5.91 Å². The summed E-state index contributed by atoms with van der Waals surface area (Å²) >= 11 is 0. The van der Waals surface area contributed by atoms with Gasteiger partial charge < -0.3 is 19.7 Å². The number of benzene rings is 2. The molecule has 0 unspecified atom stereocenters. The molecular weight excluding hydrogens is 428 g/mol. The van der Waals surface area contributed by atoms with E-state index >= 15 is 0 Å². The molecule has 2 aromatic rings. The van der Waals surface area contributed by atoms with Crippen LogP contribution in [0.4, 0.5) is 0 Å². The van der Waals surface area contributed by atoms with Crippen LogP contribution in [0.2, 0.25) is 0 Å². The van der Waals surface area contributed by atoms with Crippen molar-refractivity contribution in [1.29, 1.82) is 0 Å². The highest BCUT2D eigenvalue weighted by Crippen LogP contribution is 2.48. The van der Waals surface area contributed by atoms with Crippen LogP contribution in [-0.4, -0.2) is 42.5 Å². The Bertz CT molecular complexity index is 1080. The number of carbonyl (C=O) groups is 2. The van der Waals surface area contributed by atoms with E-state index in [0.717, 1.165) is 54.5 Å². The lowest BCUT2D eigenvalue weighted by Crippen LogP contribution is -2.51. The van der Waals surface area contributed by atoms with Crippen LogP contribution in [0.5, 0.6) is 11.5 Å². The molecule has 2 atom stereocenters. The molecule has 1 fully saturated rings. The molecule has 5 rings (SSSR count). The van der Waals surface area contributed by atoms with Gasteiger partial charge >= 0.3 is 0 Å². The highest BCUT2D eigenvalue weighted by atomic mass is 16.5. The van der Waals surface area contributed by atoms with Crippen LogP contribution >= 0.6 is 0 Å². The van der Waals surface area contributed by atoms with Crippen molar-refractivity contribution >= 4 is 11.8 Å². The van der Waals surface area contributed by atoms with Gasteiger partial charge in [-0.05, 0) is 68.0 Å². The molecule has 180 valence electrons. The van der Waals surface area contributed by atoms with E-state index in [9.17, 15) is 9.59 Å². The van der Waals surface area contributed by atoms with E-state index in [4.69, 9.17) is 9.47 Å². The summed E-state index contributed by atoms with van der Waals surface area (Å²) in [6.45, 7) is 5.55. The van der Waals surface area contributed by atoms with Crippen molar-refractivity contribution in [3.8, 4) is 11.5 Å². The van der Waals surface area contributed by atoms with E-state index in [1.807, 2.05) is 55.1 Å². The van der Waals surface area contributed by atoms with Crippen LogP contribution in [0, 0.1) is 0 Å². The lowest BCUT2D eigenvalue weighted by atomic mass is 9.75. The molecule has 2 aliphatic heterocycles. The van der Waals surface area contributed by atoms with Crippen LogP contribution in [0.3, 0.4) is 0 Å². The third-order valence-electron chi connectivity index (χ3n) is 7.42. The molecule has 1 aliphatic carbocycles. The average molecular weight is 463 g/mol. The highest BCUT2D eigenvalue weighted by Gasteiger charge is 2.47. The Kier molecular flexibility index (Phi) is 6.48. The fraction of sp³-hybridized carbons (Fsp3) is 0.500. The van der Waals surface area contributed by atoms with Gasteiger partial charge in [0, 0.05) is 18.2 Å². The zero-order chi connectivity index (χ0) is 23.7. The molecule has 2 heterocycles. The first-order valence-corrected chi connectivity index (χ1v) is 12.7. The van der Waals surface area contributed by atoms with Crippen LogP contribution in [0.25, 0.3) is 0 Å². The zero-order valence-electron chi connectivity index (χ0n) is 20.1. The van der Waals surface area contributed by atoms with E-state index in [0.29, 0.717) is 31.1 Å². The number of nitrogens with one attached hydrogen (secondary N) is 1. The first kappa shape index (κ1) is 22.8. The first-order valence-electron chi connectivity index (χ1n) is 12.7. The highest BCUT2D eigenvalue weighted by molar-refractivity contribution is 6.01. The lowest BCUT2D eigenvalue weighted by molar-refractivity contribution is -0.125. The van der Waals surface area contributed by atoms with Crippen LogP contribution in [-0.2, 0) is 11.2 Å². The van der Waals surface area contributed by atoms with Crippen molar-refractivity contribution in [2.75, 3.05) is 19.8 Å². The lowest BCUT2D eigenvalue weighted by Gasteiger charge is -2.45. The predicted molar refractivity (Wildman–Crippen MR) is 130 cm³/mol. The summed E-state index contributed by atoms with van der Waals surface area (Å²) in [4.78, 5) is 29.3. The van der Waals surface area contributed by atoms with E-state index in [-0.39, 0.29) is 23.9 Å². The molecule has 1 saturated carbocycles. The molecule has 0 saturated heterocycles. The van der Waals surface area contributed by atoms with Gasteiger partial charge in [-0.15, -0.1) is 0 Å². The van der Waals surface area contributed by atoms with Crippen LogP contribution < -0.4 is 14.8 Å². The summed E-state index contributed by atoms with van der Waals surface area (Å²) in [5.41, 5.74) is 3.57. The Hall–Kier alpha value is -3.02. The molecule has 6 heteroatoms. The average Bonchev–Trinajstić information content (AvgIpc) is 2.85. The van der Waals surface area contributed by atoms with Crippen LogP contribution in [0.15, 0.2) is 36.4 Å². The third kappa shape index (κ3) is 4.04. The van der Waals surface area contributed by atoms with E-state index < -0.39 is 5.92 Å². The largest absolute Gasteiger partial charge is 0.490 e. The minimum absolute atomic E-state index is 0.000175. The van der Waals surface area contributed by atoms with Crippen molar-refractivity contribution in [2.24, 2.45) is 0 Å². The first-order chi connectivity index (χ1) is 16.6. The maximum Gasteiger partial charge on any atom is 0.254 e. The normalized spacial score (nSPS) is 21.8. The SMILES string of the molecule is CCOc1cc2c(cc1OCC)[C@@H]1[C@H](C(=O)NC3CCCCC3)c3ccccc3C(=O)N1CC2. The van der Waals surface area contributed by atoms with Gasteiger partial charge in [0.05, 0.1) is 25.2 Å². The smallest absolute Gasteiger partial charge is 0.254 e. The zero-order valence-corrected chi connectivity index (χ0v) is 20.1. The van der Waals surface area contributed by atoms with Gasteiger partial charge in [0.1, 0.15) is 0 Å². The molecule has 2 amide bonds. The number of rotatable bonds is 6. The minimum Gasteiger partial charge on any atom is -0.490 e. The van der Waals surface area contributed by atoms with Crippen LogP contribution in [0.1, 0.15) is 85.0 Å². The quantitative estimate of drug-likeness (QED) is 0.672. The Morgan fingerprint density at radius 3 is 2.44 bits per heavy atom. The fourth-order valence-corrected chi connectivity index (χ4v) is 5.89. The number of fused-ring (bicyclic) bond motifs is 4. The molecule has 0 radical (unpaired) electrons. The topological polar surface area (TPSA) is 67.9 Å². The maximum atomic E-state index is 13.9. The van der Waals surface area contributed by atoms with Gasteiger partial charge in [-0.1, -0.05) is 37.5 Å². The number of hydrogen-bond donors (Lipinski definition) is 1. The summed E-state index contributed by atoms with van der Waals surface area (Å²) in [6, 6.07) is 11.5. The van der Waals surface area contributed by atoms with Gasteiger partial charge in [-0.25, -0.2) is 0 Å². The van der Waals surface area contributed by atoms with Crippen molar-refractivity contribution in [3.63, 3.8) is 0 Å². The van der Waals surface area contributed by atoms with Crippen molar-refractivity contribution in [3.05, 3.63) is 58.7 Å². The van der Waals surface area contributed by atoms with Crippen molar-refractivity contribution in [2.45, 2.75) is 70.4 Å². The Labute approximate surface area is 201 Å². The summed E-state index contributed by atoms with van der Waals surface area (Å²) in [6.07, 6.45) is 6.32. The van der Waals surface area contributed by atoms with E-state index in [2.05, 4.69) is 5.32 Å². The summed E-state index contributed by atoms with van der Waals surface area (Å²) in [7, 11) is 0. The molecule has 2 aromatic carbocycles. The summed E-state index contributed by atoms with van der Waals surface area (Å²) in [5, 5.41) is 3.35. The summed E-state index contributed by atoms with van der Waals surface area (Å²) < 4.78 is 11.8. The molecule has 0 aromatic heterocycles. The number of hydrogen-bond acceptors (Lipinski definition) is 4. The van der Waals surface area contributed by atoms with Crippen molar-refractivity contribution < 1.29 is 19.1 Å². The van der Waals surface area contributed by atoms with E-state index in [1.54, 1.807) is 0 Å². The Morgan fingerprint density at radius 2 is 1.71 bits per heavy atom. The molecule has 1 N–H and O–H groups in total. The second kappa shape index (κ2) is 9.69.